The van der Waals surface area contributed by atoms with Crippen molar-refractivity contribution in [3.05, 3.63) is 21.9 Å². The van der Waals surface area contributed by atoms with Crippen molar-refractivity contribution < 1.29 is 5.11 Å². The second kappa shape index (κ2) is 3.34. The van der Waals surface area contributed by atoms with Gasteiger partial charge in [-0.25, -0.2) is 0 Å². The molecule has 62 valence electrons. The zero-order chi connectivity index (χ0) is 8.43. The fraction of sp³-hybridized carbons (Fsp3) is 0.500. The molecule has 1 aromatic heterocycles. The van der Waals surface area contributed by atoms with Crippen molar-refractivity contribution in [1.29, 1.82) is 0 Å². The van der Waals surface area contributed by atoms with Gasteiger partial charge in [0.25, 0.3) is 0 Å². The van der Waals surface area contributed by atoms with Crippen molar-refractivity contribution in [2.75, 3.05) is 0 Å². The summed E-state index contributed by atoms with van der Waals surface area (Å²) in [5.74, 6) is 0. The summed E-state index contributed by atoms with van der Waals surface area (Å²) in [5, 5.41) is 11.2. The molecule has 0 fully saturated rings. The predicted octanol–water partition coefficient (Wildman–Crippen LogP) is 1.44. The third-order valence-electron chi connectivity index (χ3n) is 1.60. The molecule has 11 heavy (non-hydrogen) atoms. The molecular formula is C8H13NOS. The number of rotatable bonds is 2. The summed E-state index contributed by atoms with van der Waals surface area (Å²) in [6, 6.07) is 1.79. The Hall–Kier alpha value is -0.380. The highest BCUT2D eigenvalue weighted by Crippen LogP contribution is 2.21. The Labute approximate surface area is 70.7 Å². The number of aryl methyl sites for hydroxylation is 1. The maximum absolute atomic E-state index is 9.17. The van der Waals surface area contributed by atoms with Crippen LogP contribution in [0.1, 0.15) is 23.4 Å². The maximum atomic E-state index is 9.17. The van der Waals surface area contributed by atoms with Gasteiger partial charge in [-0.2, -0.15) is 0 Å². The van der Waals surface area contributed by atoms with Gasteiger partial charge in [-0.05, 0) is 30.9 Å². The molecule has 2 atom stereocenters. The third kappa shape index (κ3) is 2.02. The average Bonchev–Trinajstić information content (AvgIpc) is 2.34. The minimum atomic E-state index is -0.465. The lowest BCUT2D eigenvalue weighted by atomic mass is 10.1. The minimum Gasteiger partial charge on any atom is -0.391 e. The zero-order valence-electron chi connectivity index (χ0n) is 6.74. The molecule has 0 radical (unpaired) electrons. The quantitative estimate of drug-likeness (QED) is 0.707. The largest absolute Gasteiger partial charge is 0.391 e. The molecule has 0 amide bonds. The molecule has 0 bridgehead atoms. The Bertz CT molecular complexity index is 232. The van der Waals surface area contributed by atoms with Crippen LogP contribution in [0.5, 0.6) is 0 Å². The Morgan fingerprint density at radius 3 is 2.64 bits per heavy atom. The van der Waals surface area contributed by atoms with Gasteiger partial charge in [-0.1, -0.05) is 0 Å². The first-order valence-electron chi connectivity index (χ1n) is 3.60. The molecule has 3 N–H and O–H groups in total. The molecule has 0 saturated carbocycles. The van der Waals surface area contributed by atoms with Crippen LogP contribution in [-0.2, 0) is 0 Å². The van der Waals surface area contributed by atoms with Crippen LogP contribution in [0.15, 0.2) is 11.4 Å². The molecule has 0 aliphatic rings. The average molecular weight is 171 g/mol. The molecule has 0 aliphatic carbocycles. The molecule has 0 saturated heterocycles. The molecule has 1 aromatic rings. The molecule has 0 spiro atoms. The van der Waals surface area contributed by atoms with Crippen molar-refractivity contribution >= 4 is 11.3 Å². The lowest BCUT2D eigenvalue weighted by Crippen LogP contribution is -2.21. The highest BCUT2D eigenvalue weighted by molar-refractivity contribution is 7.10. The van der Waals surface area contributed by atoms with E-state index in [2.05, 4.69) is 0 Å². The van der Waals surface area contributed by atoms with Gasteiger partial charge in [-0.3, -0.25) is 0 Å². The van der Waals surface area contributed by atoms with Crippen molar-refractivity contribution in [1.82, 2.24) is 0 Å². The first kappa shape index (κ1) is 8.71. The number of thiophene rings is 1. The van der Waals surface area contributed by atoms with Crippen molar-refractivity contribution in [3.63, 3.8) is 0 Å². The monoisotopic (exact) mass is 171 g/mol. The van der Waals surface area contributed by atoms with Gasteiger partial charge >= 0.3 is 0 Å². The van der Waals surface area contributed by atoms with Crippen LogP contribution in [0.2, 0.25) is 0 Å². The van der Waals surface area contributed by atoms with Crippen molar-refractivity contribution in [3.8, 4) is 0 Å². The molecule has 0 unspecified atom stereocenters. The smallest absolute Gasteiger partial charge is 0.0712 e. The van der Waals surface area contributed by atoms with Gasteiger partial charge in [0.1, 0.15) is 0 Å². The lowest BCUT2D eigenvalue weighted by Gasteiger charge is -2.11. The first-order valence-corrected chi connectivity index (χ1v) is 4.48. The maximum Gasteiger partial charge on any atom is 0.0712 e. The normalized spacial score (nSPS) is 16.4. The highest BCUT2D eigenvalue weighted by atomic mass is 32.1. The summed E-state index contributed by atoms with van der Waals surface area (Å²) >= 11 is 1.60. The Balaban J connectivity index is 2.76. The van der Waals surface area contributed by atoms with Gasteiger partial charge in [-0.15, -0.1) is 11.3 Å². The van der Waals surface area contributed by atoms with E-state index in [1.807, 2.05) is 18.4 Å². The van der Waals surface area contributed by atoms with Crippen LogP contribution in [0.3, 0.4) is 0 Å². The van der Waals surface area contributed by atoms with Gasteiger partial charge < -0.3 is 10.8 Å². The second-order valence-corrected chi connectivity index (χ2v) is 3.74. The van der Waals surface area contributed by atoms with Crippen LogP contribution in [0.25, 0.3) is 0 Å². The zero-order valence-corrected chi connectivity index (χ0v) is 7.56. The van der Waals surface area contributed by atoms with E-state index in [1.165, 1.54) is 5.56 Å². The van der Waals surface area contributed by atoms with Gasteiger partial charge in [0.15, 0.2) is 0 Å². The number of hydrogen-bond acceptors (Lipinski definition) is 3. The van der Waals surface area contributed by atoms with E-state index in [-0.39, 0.29) is 6.04 Å². The van der Waals surface area contributed by atoms with E-state index in [0.717, 1.165) is 4.88 Å². The molecule has 1 rings (SSSR count). The summed E-state index contributed by atoms with van der Waals surface area (Å²) in [5.41, 5.74) is 6.92. The topological polar surface area (TPSA) is 46.2 Å². The Kier molecular flexibility index (Phi) is 2.65. The molecule has 1 heterocycles. The number of aliphatic hydroxyl groups is 1. The van der Waals surface area contributed by atoms with Gasteiger partial charge in [0.05, 0.1) is 12.1 Å². The fourth-order valence-electron chi connectivity index (χ4n) is 0.866. The van der Waals surface area contributed by atoms with Crippen molar-refractivity contribution in [2.45, 2.75) is 26.0 Å². The molecular weight excluding hydrogens is 158 g/mol. The summed E-state index contributed by atoms with van der Waals surface area (Å²) in [6.07, 6.45) is -0.465. The van der Waals surface area contributed by atoms with Crippen molar-refractivity contribution in [2.24, 2.45) is 5.73 Å². The lowest BCUT2D eigenvalue weighted by molar-refractivity contribution is 0.165. The highest BCUT2D eigenvalue weighted by Gasteiger charge is 2.12. The van der Waals surface area contributed by atoms with Crippen LogP contribution in [0, 0.1) is 6.92 Å². The molecule has 2 nitrogen and oxygen atoms in total. The van der Waals surface area contributed by atoms with Gasteiger partial charge in [0.2, 0.25) is 0 Å². The molecule has 0 aliphatic heterocycles. The number of nitrogens with two attached hydrogens (primary N) is 1. The second-order valence-electron chi connectivity index (χ2n) is 2.79. The van der Waals surface area contributed by atoms with E-state index in [1.54, 1.807) is 18.3 Å². The fourth-order valence-corrected chi connectivity index (χ4v) is 1.86. The van der Waals surface area contributed by atoms with E-state index in [4.69, 9.17) is 10.8 Å². The third-order valence-corrected chi connectivity index (χ3v) is 2.75. The summed E-state index contributed by atoms with van der Waals surface area (Å²) < 4.78 is 0. The standard InChI is InChI=1S/C8H13NOS/c1-5-3-7(11-4-5)8(9)6(2)10/h3-4,6,8,10H,9H2,1-2H3/t6-,8+/m0/s1. The molecule has 3 heteroatoms. The Morgan fingerprint density at radius 1 is 1.64 bits per heavy atom. The van der Waals surface area contributed by atoms with E-state index < -0.39 is 6.10 Å². The molecule has 0 aromatic carbocycles. The van der Waals surface area contributed by atoms with Crippen LogP contribution in [-0.4, -0.2) is 11.2 Å². The summed E-state index contributed by atoms with van der Waals surface area (Å²) in [7, 11) is 0. The summed E-state index contributed by atoms with van der Waals surface area (Å²) in [4.78, 5) is 1.05. The van der Waals surface area contributed by atoms with Crippen LogP contribution >= 0.6 is 11.3 Å². The van der Waals surface area contributed by atoms with Crippen LogP contribution < -0.4 is 5.73 Å². The van der Waals surface area contributed by atoms with E-state index in [0.29, 0.717) is 0 Å². The summed E-state index contributed by atoms with van der Waals surface area (Å²) in [6.45, 7) is 3.73. The number of aliphatic hydroxyl groups excluding tert-OH is 1. The van der Waals surface area contributed by atoms with E-state index >= 15 is 0 Å². The number of hydrogen-bond donors (Lipinski definition) is 2. The van der Waals surface area contributed by atoms with E-state index in [9.17, 15) is 0 Å². The SMILES string of the molecule is Cc1csc([C@H](N)[C@H](C)O)c1. The first-order chi connectivity index (χ1) is 5.11. The predicted molar refractivity (Wildman–Crippen MR) is 47.7 cm³/mol. The van der Waals surface area contributed by atoms with Gasteiger partial charge in [0, 0.05) is 4.88 Å². The minimum absolute atomic E-state index is 0.228. The van der Waals surface area contributed by atoms with Crippen LogP contribution in [0.4, 0.5) is 0 Å². The Morgan fingerprint density at radius 2 is 2.27 bits per heavy atom.